The topological polar surface area (TPSA) is 44.3 Å². The lowest BCUT2D eigenvalue weighted by molar-refractivity contribution is 0.102. The molecular weight excluding hydrogens is 262 g/mol. The molecule has 2 fully saturated rings. The summed E-state index contributed by atoms with van der Waals surface area (Å²) in [7, 11) is 2.28. The number of aryl methyl sites for hydroxylation is 1. The molecule has 0 amide bonds. The number of fused-ring (bicyclic) bond motifs is 1. The predicted molar refractivity (Wildman–Crippen MR) is 86.9 cm³/mol. The lowest BCUT2D eigenvalue weighted by Crippen LogP contribution is -2.52. The van der Waals surface area contributed by atoms with E-state index in [-0.39, 0.29) is 0 Å². The molecule has 5 heteroatoms. The summed E-state index contributed by atoms with van der Waals surface area (Å²) in [4.78, 5) is 14.1. The Morgan fingerprint density at radius 3 is 2.95 bits per heavy atom. The summed E-state index contributed by atoms with van der Waals surface area (Å²) in [5.41, 5.74) is 0. The molecule has 21 heavy (non-hydrogen) atoms. The molecule has 0 spiro atoms. The van der Waals surface area contributed by atoms with Crippen LogP contribution in [0.2, 0.25) is 0 Å². The van der Waals surface area contributed by atoms with Crippen LogP contribution in [-0.4, -0.2) is 54.1 Å². The number of nitrogens with zero attached hydrogens (tertiary/aromatic N) is 4. The molecule has 0 saturated carbocycles. The van der Waals surface area contributed by atoms with E-state index in [1.807, 2.05) is 6.92 Å². The lowest BCUT2D eigenvalue weighted by Gasteiger charge is -2.46. The first-order chi connectivity index (χ1) is 10.2. The Hall–Kier alpha value is -1.36. The molecule has 116 valence electrons. The second-order valence-corrected chi connectivity index (χ2v) is 6.37. The van der Waals surface area contributed by atoms with Gasteiger partial charge in [0.25, 0.3) is 0 Å². The van der Waals surface area contributed by atoms with E-state index in [4.69, 9.17) is 0 Å². The summed E-state index contributed by atoms with van der Waals surface area (Å²) < 4.78 is 0. The van der Waals surface area contributed by atoms with Crippen molar-refractivity contribution in [2.45, 2.75) is 39.2 Å². The van der Waals surface area contributed by atoms with E-state index < -0.39 is 0 Å². The zero-order valence-corrected chi connectivity index (χ0v) is 13.5. The quantitative estimate of drug-likeness (QED) is 0.923. The predicted octanol–water partition coefficient (Wildman–Crippen LogP) is 2.14. The monoisotopic (exact) mass is 289 g/mol. The van der Waals surface area contributed by atoms with Crippen molar-refractivity contribution in [3.8, 4) is 0 Å². The molecular formula is C16H27N5. The van der Waals surface area contributed by atoms with Crippen LogP contribution in [0.5, 0.6) is 0 Å². The molecule has 2 aliphatic rings. The molecule has 2 saturated heterocycles. The third-order valence-electron chi connectivity index (χ3n) is 4.85. The molecule has 1 aromatic heterocycles. The molecule has 3 heterocycles. The maximum atomic E-state index is 4.66. The highest BCUT2D eigenvalue weighted by Gasteiger charge is 2.34. The van der Waals surface area contributed by atoms with Crippen molar-refractivity contribution in [1.29, 1.82) is 0 Å². The smallest absolute Gasteiger partial charge is 0.134 e. The van der Waals surface area contributed by atoms with Gasteiger partial charge in [-0.3, -0.25) is 0 Å². The summed E-state index contributed by atoms with van der Waals surface area (Å²) in [5, 5.41) is 3.31. The number of hydrogen-bond acceptors (Lipinski definition) is 5. The van der Waals surface area contributed by atoms with Crippen LogP contribution in [0.3, 0.4) is 0 Å². The van der Waals surface area contributed by atoms with Crippen LogP contribution in [0.15, 0.2) is 6.07 Å². The molecule has 2 unspecified atom stereocenters. The van der Waals surface area contributed by atoms with Gasteiger partial charge in [-0.25, -0.2) is 9.97 Å². The molecule has 1 aromatic rings. The highest BCUT2D eigenvalue weighted by molar-refractivity contribution is 5.49. The number of hydrogen-bond donors (Lipinski definition) is 1. The van der Waals surface area contributed by atoms with Crippen LogP contribution < -0.4 is 10.2 Å². The van der Waals surface area contributed by atoms with Gasteiger partial charge in [0, 0.05) is 31.7 Å². The lowest BCUT2D eigenvalue weighted by atomic mass is 9.84. The summed E-state index contributed by atoms with van der Waals surface area (Å²) in [6.07, 6.45) is 3.94. The normalized spacial score (nSPS) is 26.5. The van der Waals surface area contributed by atoms with Crippen LogP contribution in [0.25, 0.3) is 0 Å². The van der Waals surface area contributed by atoms with Gasteiger partial charge in [-0.05, 0) is 52.6 Å². The molecule has 0 bridgehead atoms. The van der Waals surface area contributed by atoms with E-state index in [0.717, 1.165) is 49.1 Å². The molecule has 2 atom stereocenters. The van der Waals surface area contributed by atoms with E-state index >= 15 is 0 Å². The van der Waals surface area contributed by atoms with Crippen molar-refractivity contribution in [2.24, 2.45) is 5.92 Å². The van der Waals surface area contributed by atoms with Gasteiger partial charge in [-0.15, -0.1) is 0 Å². The van der Waals surface area contributed by atoms with E-state index in [1.165, 1.54) is 25.8 Å². The fraction of sp³-hybridized carbons (Fsp3) is 0.750. The van der Waals surface area contributed by atoms with Gasteiger partial charge in [-0.1, -0.05) is 0 Å². The van der Waals surface area contributed by atoms with Crippen molar-refractivity contribution in [3.63, 3.8) is 0 Å². The Balaban J connectivity index is 1.75. The average molecular weight is 289 g/mol. The largest absolute Gasteiger partial charge is 0.370 e. The van der Waals surface area contributed by atoms with Crippen molar-refractivity contribution in [1.82, 2.24) is 14.9 Å². The molecule has 0 aliphatic carbocycles. The summed E-state index contributed by atoms with van der Waals surface area (Å²) in [6, 6.07) is 2.87. The van der Waals surface area contributed by atoms with Gasteiger partial charge in [0.2, 0.25) is 0 Å². The highest BCUT2D eigenvalue weighted by atomic mass is 15.2. The van der Waals surface area contributed by atoms with Gasteiger partial charge >= 0.3 is 0 Å². The number of piperidine rings is 2. The standard InChI is InChI=1S/C16H27N5/c1-4-17-15-10-16(19-12(2)18-15)21-9-7-14-13(11-21)6-5-8-20(14)3/h10,13-14H,4-9,11H2,1-3H3,(H,17,18,19). The first kappa shape index (κ1) is 14.6. The minimum Gasteiger partial charge on any atom is -0.370 e. The van der Waals surface area contributed by atoms with Crippen molar-refractivity contribution >= 4 is 11.6 Å². The van der Waals surface area contributed by atoms with Crippen LogP contribution in [0.1, 0.15) is 32.0 Å². The first-order valence-corrected chi connectivity index (χ1v) is 8.22. The van der Waals surface area contributed by atoms with E-state index in [1.54, 1.807) is 0 Å². The molecule has 3 rings (SSSR count). The second-order valence-electron chi connectivity index (χ2n) is 6.37. The maximum absolute atomic E-state index is 4.66. The van der Waals surface area contributed by atoms with Crippen molar-refractivity contribution in [3.05, 3.63) is 11.9 Å². The van der Waals surface area contributed by atoms with Gasteiger partial charge in [0.15, 0.2) is 0 Å². The number of nitrogens with one attached hydrogen (secondary N) is 1. The first-order valence-electron chi connectivity index (χ1n) is 8.22. The molecule has 1 N–H and O–H groups in total. The zero-order chi connectivity index (χ0) is 14.8. The van der Waals surface area contributed by atoms with Gasteiger partial charge in [-0.2, -0.15) is 0 Å². The van der Waals surface area contributed by atoms with E-state index in [2.05, 4.69) is 45.1 Å². The molecule has 5 nitrogen and oxygen atoms in total. The summed E-state index contributed by atoms with van der Waals surface area (Å²) >= 11 is 0. The van der Waals surface area contributed by atoms with Gasteiger partial charge in [0.1, 0.15) is 17.5 Å². The number of likely N-dealkylation sites (tertiary alicyclic amines) is 1. The molecule has 0 aromatic carbocycles. The number of rotatable bonds is 3. The minimum atomic E-state index is 0.770. The Morgan fingerprint density at radius 2 is 2.14 bits per heavy atom. The minimum absolute atomic E-state index is 0.770. The Bertz CT molecular complexity index is 490. The number of aromatic nitrogens is 2. The van der Waals surface area contributed by atoms with Gasteiger partial charge < -0.3 is 15.1 Å². The average Bonchev–Trinajstić information content (AvgIpc) is 2.47. The van der Waals surface area contributed by atoms with Crippen molar-refractivity contribution in [2.75, 3.05) is 43.4 Å². The Kier molecular flexibility index (Phi) is 4.29. The van der Waals surface area contributed by atoms with Crippen LogP contribution >= 0.6 is 0 Å². The van der Waals surface area contributed by atoms with E-state index in [9.17, 15) is 0 Å². The SMILES string of the molecule is CCNc1cc(N2CCC3C(CCCN3C)C2)nc(C)n1. The van der Waals surface area contributed by atoms with Crippen LogP contribution in [0, 0.1) is 12.8 Å². The third-order valence-corrected chi connectivity index (χ3v) is 4.85. The molecule has 0 radical (unpaired) electrons. The fourth-order valence-electron chi connectivity index (χ4n) is 3.85. The molecule has 2 aliphatic heterocycles. The highest BCUT2D eigenvalue weighted by Crippen LogP contribution is 2.31. The Labute approximate surface area is 127 Å². The zero-order valence-electron chi connectivity index (χ0n) is 13.5. The fourth-order valence-corrected chi connectivity index (χ4v) is 3.85. The van der Waals surface area contributed by atoms with E-state index in [0.29, 0.717) is 0 Å². The number of anilines is 2. The van der Waals surface area contributed by atoms with Crippen LogP contribution in [0.4, 0.5) is 11.6 Å². The van der Waals surface area contributed by atoms with Gasteiger partial charge in [0.05, 0.1) is 0 Å². The second kappa shape index (κ2) is 6.18. The third kappa shape index (κ3) is 3.12. The summed E-state index contributed by atoms with van der Waals surface area (Å²) in [5.74, 6) is 3.68. The summed E-state index contributed by atoms with van der Waals surface area (Å²) in [6.45, 7) is 8.47. The Morgan fingerprint density at radius 1 is 1.29 bits per heavy atom. The maximum Gasteiger partial charge on any atom is 0.134 e. The van der Waals surface area contributed by atoms with Crippen LogP contribution in [-0.2, 0) is 0 Å². The van der Waals surface area contributed by atoms with Crippen molar-refractivity contribution < 1.29 is 0 Å².